The van der Waals surface area contributed by atoms with Gasteiger partial charge < -0.3 is 5.32 Å². The van der Waals surface area contributed by atoms with Crippen LogP contribution in [0.3, 0.4) is 0 Å². The van der Waals surface area contributed by atoms with Crippen LogP contribution in [0.4, 0.5) is 17.6 Å². The van der Waals surface area contributed by atoms with E-state index in [-0.39, 0.29) is 5.02 Å². The molecule has 1 N–H and O–H groups in total. The van der Waals surface area contributed by atoms with Gasteiger partial charge in [0.15, 0.2) is 0 Å². The normalized spacial score (nSPS) is 13.2. The first-order valence-corrected chi connectivity index (χ1v) is 6.50. The average Bonchev–Trinajstić information content (AvgIpc) is 2.44. The van der Waals surface area contributed by atoms with Crippen molar-refractivity contribution in [3.05, 3.63) is 70.0 Å². The molecule has 1 unspecified atom stereocenters. The summed E-state index contributed by atoms with van der Waals surface area (Å²) in [6, 6.07) is 8.56. The van der Waals surface area contributed by atoms with E-state index in [2.05, 4.69) is 5.32 Å². The van der Waals surface area contributed by atoms with E-state index in [1.165, 1.54) is 24.3 Å². The van der Waals surface area contributed by atoms with Crippen molar-refractivity contribution in [2.45, 2.75) is 12.2 Å². The Bertz CT molecular complexity index is 623. The van der Waals surface area contributed by atoms with Crippen LogP contribution in [0.5, 0.6) is 0 Å². The summed E-state index contributed by atoms with van der Waals surface area (Å²) >= 11 is 5.93. The van der Waals surface area contributed by atoms with Gasteiger partial charge in [-0.15, -0.1) is 0 Å². The molecule has 0 aromatic heterocycles. The Morgan fingerprint density at radius 3 is 2.19 bits per heavy atom. The second kappa shape index (κ2) is 6.03. The Kier molecular flexibility index (Phi) is 4.54. The van der Waals surface area contributed by atoms with Crippen molar-refractivity contribution < 1.29 is 17.6 Å². The molecule has 1 nitrogen and oxygen atoms in total. The minimum absolute atomic E-state index is 0.0447. The predicted molar refractivity (Wildman–Crippen MR) is 73.8 cm³/mol. The summed E-state index contributed by atoms with van der Waals surface area (Å²) in [6.07, 6.45) is -4.38. The monoisotopic (exact) mass is 317 g/mol. The van der Waals surface area contributed by atoms with E-state index in [0.29, 0.717) is 11.1 Å². The molecule has 2 aromatic carbocycles. The molecule has 0 aliphatic heterocycles. The maximum Gasteiger partial charge on any atom is 0.416 e. The molecule has 0 amide bonds. The van der Waals surface area contributed by atoms with Gasteiger partial charge in [-0.25, -0.2) is 4.39 Å². The van der Waals surface area contributed by atoms with Crippen molar-refractivity contribution in [3.63, 3.8) is 0 Å². The van der Waals surface area contributed by atoms with Crippen LogP contribution in [0.1, 0.15) is 22.7 Å². The second-order valence-electron chi connectivity index (χ2n) is 4.48. The van der Waals surface area contributed by atoms with Gasteiger partial charge in [-0.1, -0.05) is 35.9 Å². The lowest BCUT2D eigenvalue weighted by atomic mass is 9.97. The number of alkyl halides is 3. The van der Waals surface area contributed by atoms with Crippen molar-refractivity contribution in [1.29, 1.82) is 0 Å². The molecule has 6 heteroatoms. The van der Waals surface area contributed by atoms with Gasteiger partial charge in [0.25, 0.3) is 0 Å². The SMILES string of the molecule is CNC(c1ccc(C(F)(F)F)cc1)c1cccc(F)c1Cl. The van der Waals surface area contributed by atoms with Crippen LogP contribution in [-0.2, 0) is 6.18 Å². The fourth-order valence-corrected chi connectivity index (χ4v) is 2.34. The first-order valence-electron chi connectivity index (χ1n) is 6.13. The van der Waals surface area contributed by atoms with E-state index in [1.807, 2.05) is 0 Å². The van der Waals surface area contributed by atoms with E-state index in [0.717, 1.165) is 12.1 Å². The molecule has 0 aliphatic carbocycles. The van der Waals surface area contributed by atoms with Gasteiger partial charge in [0.05, 0.1) is 16.6 Å². The molecule has 0 radical (unpaired) electrons. The highest BCUT2D eigenvalue weighted by Gasteiger charge is 2.30. The fourth-order valence-electron chi connectivity index (χ4n) is 2.11. The van der Waals surface area contributed by atoms with Crippen LogP contribution in [0.25, 0.3) is 0 Å². The van der Waals surface area contributed by atoms with E-state index >= 15 is 0 Å². The van der Waals surface area contributed by atoms with Crippen LogP contribution < -0.4 is 5.32 Å². The van der Waals surface area contributed by atoms with Crippen LogP contribution in [0.15, 0.2) is 42.5 Å². The molecule has 0 bridgehead atoms. The zero-order valence-electron chi connectivity index (χ0n) is 11.0. The zero-order valence-corrected chi connectivity index (χ0v) is 11.8. The minimum Gasteiger partial charge on any atom is -0.309 e. The number of rotatable bonds is 3. The molecule has 0 saturated carbocycles. The van der Waals surface area contributed by atoms with Crippen LogP contribution in [-0.4, -0.2) is 7.05 Å². The molecular weight excluding hydrogens is 306 g/mol. The molecule has 0 saturated heterocycles. The average molecular weight is 318 g/mol. The van der Waals surface area contributed by atoms with Gasteiger partial charge in [0, 0.05) is 0 Å². The van der Waals surface area contributed by atoms with Crippen molar-refractivity contribution >= 4 is 11.6 Å². The lowest BCUT2D eigenvalue weighted by molar-refractivity contribution is -0.137. The van der Waals surface area contributed by atoms with Crippen LogP contribution in [0, 0.1) is 5.82 Å². The van der Waals surface area contributed by atoms with E-state index < -0.39 is 23.6 Å². The molecule has 2 rings (SSSR count). The maximum absolute atomic E-state index is 13.5. The van der Waals surface area contributed by atoms with Crippen molar-refractivity contribution in [1.82, 2.24) is 5.32 Å². The number of hydrogen-bond acceptors (Lipinski definition) is 1. The summed E-state index contributed by atoms with van der Waals surface area (Å²) in [5, 5.41) is 2.88. The predicted octanol–water partition coefficient (Wildman–Crippen LogP) is 4.81. The van der Waals surface area contributed by atoms with Gasteiger partial charge in [0.2, 0.25) is 0 Å². The van der Waals surface area contributed by atoms with Crippen molar-refractivity contribution in [2.24, 2.45) is 0 Å². The third-order valence-electron chi connectivity index (χ3n) is 3.15. The van der Waals surface area contributed by atoms with Gasteiger partial charge in [-0.3, -0.25) is 0 Å². The minimum atomic E-state index is -4.38. The maximum atomic E-state index is 13.5. The molecule has 112 valence electrons. The quantitative estimate of drug-likeness (QED) is 0.801. The lowest BCUT2D eigenvalue weighted by Gasteiger charge is -2.19. The summed E-state index contributed by atoms with van der Waals surface area (Å²) in [4.78, 5) is 0. The van der Waals surface area contributed by atoms with E-state index in [4.69, 9.17) is 11.6 Å². The first-order chi connectivity index (χ1) is 9.84. The number of nitrogens with one attached hydrogen (secondary N) is 1. The molecule has 0 fully saturated rings. The second-order valence-corrected chi connectivity index (χ2v) is 4.86. The molecule has 2 aromatic rings. The largest absolute Gasteiger partial charge is 0.416 e. The zero-order chi connectivity index (χ0) is 15.6. The van der Waals surface area contributed by atoms with E-state index in [1.54, 1.807) is 13.1 Å². The van der Waals surface area contributed by atoms with Crippen LogP contribution in [0.2, 0.25) is 5.02 Å². The van der Waals surface area contributed by atoms with Gasteiger partial charge in [-0.05, 0) is 36.4 Å². The fraction of sp³-hybridized carbons (Fsp3) is 0.200. The first kappa shape index (κ1) is 15.8. The number of halogens is 5. The lowest BCUT2D eigenvalue weighted by Crippen LogP contribution is -2.18. The molecule has 1 atom stereocenters. The standard InChI is InChI=1S/C15H12ClF4N/c1-21-14(11-3-2-4-12(17)13(11)16)9-5-7-10(8-6-9)15(18,19)20/h2-8,14,21H,1H3. The molecular formula is C15H12ClF4N. The highest BCUT2D eigenvalue weighted by molar-refractivity contribution is 6.31. The molecule has 0 heterocycles. The summed E-state index contributed by atoms with van der Waals surface area (Å²) < 4.78 is 51.2. The summed E-state index contributed by atoms with van der Waals surface area (Å²) in [5.41, 5.74) is 0.309. The Morgan fingerprint density at radius 2 is 1.67 bits per heavy atom. The summed E-state index contributed by atoms with van der Waals surface area (Å²) in [6.45, 7) is 0. The molecule has 0 spiro atoms. The highest BCUT2D eigenvalue weighted by atomic mass is 35.5. The Hall–Kier alpha value is -1.59. The van der Waals surface area contributed by atoms with Gasteiger partial charge in [-0.2, -0.15) is 13.2 Å². The third-order valence-corrected chi connectivity index (χ3v) is 3.55. The van der Waals surface area contributed by atoms with E-state index in [9.17, 15) is 17.6 Å². The summed E-state index contributed by atoms with van der Waals surface area (Å²) in [7, 11) is 1.63. The number of hydrogen-bond donors (Lipinski definition) is 1. The Morgan fingerprint density at radius 1 is 1.05 bits per heavy atom. The van der Waals surface area contributed by atoms with Crippen LogP contribution >= 0.6 is 11.6 Å². The van der Waals surface area contributed by atoms with Crippen molar-refractivity contribution in [3.8, 4) is 0 Å². The topological polar surface area (TPSA) is 12.0 Å². The number of benzene rings is 2. The Labute approximate surface area is 124 Å². The van der Waals surface area contributed by atoms with Crippen molar-refractivity contribution in [2.75, 3.05) is 7.05 Å². The molecule has 21 heavy (non-hydrogen) atoms. The smallest absolute Gasteiger partial charge is 0.309 e. The third kappa shape index (κ3) is 3.36. The summed E-state index contributed by atoms with van der Waals surface area (Å²) in [5.74, 6) is -0.568. The van der Waals surface area contributed by atoms with Gasteiger partial charge in [0.1, 0.15) is 5.82 Å². The van der Waals surface area contributed by atoms with Gasteiger partial charge >= 0.3 is 6.18 Å². The highest BCUT2D eigenvalue weighted by Crippen LogP contribution is 2.33. The molecule has 0 aliphatic rings. The Balaban J connectivity index is 2.40.